The van der Waals surface area contributed by atoms with Crippen molar-refractivity contribution in [3.63, 3.8) is 0 Å². The molecule has 0 unspecified atom stereocenters. The van der Waals surface area contributed by atoms with Gasteiger partial charge in [0.1, 0.15) is 0 Å². The second-order valence-electron chi connectivity index (χ2n) is 5.22. The van der Waals surface area contributed by atoms with E-state index in [-0.39, 0.29) is 11.2 Å². The molecule has 0 fully saturated rings. The zero-order valence-corrected chi connectivity index (χ0v) is 10.7. The Labute approximate surface area is 96.8 Å². The number of hydrogen-bond acceptors (Lipinski definition) is 3. The van der Waals surface area contributed by atoms with Gasteiger partial charge in [-0.2, -0.15) is 0 Å². The number of anilines is 1. The van der Waals surface area contributed by atoms with Crippen LogP contribution in [-0.2, 0) is 9.84 Å². The highest BCUT2D eigenvalue weighted by Gasteiger charge is 2.32. The fourth-order valence-corrected chi connectivity index (χ4v) is 4.21. The van der Waals surface area contributed by atoms with Crippen molar-refractivity contribution in [3.05, 3.63) is 23.8 Å². The highest BCUT2D eigenvalue weighted by molar-refractivity contribution is 7.91. The fourth-order valence-electron chi connectivity index (χ4n) is 2.10. The Morgan fingerprint density at radius 3 is 2.69 bits per heavy atom. The molecular formula is C12H17NO2S. The molecule has 0 bridgehead atoms. The summed E-state index contributed by atoms with van der Waals surface area (Å²) in [4.78, 5) is 0.443. The Morgan fingerprint density at radius 1 is 1.31 bits per heavy atom. The van der Waals surface area contributed by atoms with E-state index < -0.39 is 9.84 Å². The predicted octanol–water partition coefficient (Wildman–Crippen LogP) is 2.22. The molecule has 0 saturated carbocycles. The number of aryl methyl sites for hydroxylation is 1. The van der Waals surface area contributed by atoms with Gasteiger partial charge >= 0.3 is 0 Å². The lowest BCUT2D eigenvalue weighted by atomic mass is 9.96. The van der Waals surface area contributed by atoms with E-state index in [4.69, 9.17) is 0 Å². The monoisotopic (exact) mass is 239 g/mol. The summed E-state index contributed by atoms with van der Waals surface area (Å²) in [5.74, 6) is 0.198. The van der Waals surface area contributed by atoms with Crippen molar-refractivity contribution in [1.29, 1.82) is 0 Å². The third-order valence-corrected chi connectivity index (χ3v) is 5.07. The minimum absolute atomic E-state index is 0.198. The summed E-state index contributed by atoms with van der Waals surface area (Å²) in [5.41, 5.74) is 1.52. The van der Waals surface area contributed by atoms with Gasteiger partial charge < -0.3 is 5.32 Å². The number of rotatable bonds is 0. The molecule has 1 aromatic carbocycles. The summed E-state index contributed by atoms with van der Waals surface area (Å²) in [7, 11) is -3.17. The molecule has 3 nitrogen and oxygen atoms in total. The number of hydrogen-bond donors (Lipinski definition) is 1. The maximum atomic E-state index is 12.2. The molecule has 1 aromatic rings. The van der Waals surface area contributed by atoms with Crippen LogP contribution in [0.25, 0.3) is 0 Å². The normalized spacial score (nSPS) is 21.7. The quantitative estimate of drug-likeness (QED) is 0.755. The Balaban J connectivity index is 2.64. The fraction of sp³-hybridized carbons (Fsp3) is 0.500. The van der Waals surface area contributed by atoms with Gasteiger partial charge in [-0.25, -0.2) is 8.42 Å². The van der Waals surface area contributed by atoms with Crippen LogP contribution in [0, 0.1) is 12.3 Å². The first-order chi connectivity index (χ1) is 7.32. The SMILES string of the molecule is Cc1cccc2c1NCC(C)(C)CS2(=O)=O. The van der Waals surface area contributed by atoms with Gasteiger partial charge in [-0.15, -0.1) is 0 Å². The Kier molecular flexibility index (Phi) is 2.49. The van der Waals surface area contributed by atoms with Crippen LogP contribution in [-0.4, -0.2) is 20.7 Å². The third kappa shape index (κ3) is 1.94. The summed E-state index contributed by atoms with van der Waals surface area (Å²) in [6, 6.07) is 5.41. The lowest BCUT2D eigenvalue weighted by Gasteiger charge is -2.21. The number of benzene rings is 1. The Morgan fingerprint density at radius 2 is 2.00 bits per heavy atom. The first kappa shape index (κ1) is 11.5. The van der Waals surface area contributed by atoms with Crippen LogP contribution in [0.1, 0.15) is 19.4 Å². The summed E-state index contributed by atoms with van der Waals surface area (Å²) in [6.45, 7) is 6.56. The lowest BCUT2D eigenvalue weighted by Crippen LogP contribution is -2.28. The Hall–Kier alpha value is -1.03. The number of fused-ring (bicyclic) bond motifs is 1. The maximum Gasteiger partial charge on any atom is 0.181 e. The average Bonchev–Trinajstić information content (AvgIpc) is 2.22. The summed E-state index contributed by atoms with van der Waals surface area (Å²) >= 11 is 0. The van der Waals surface area contributed by atoms with E-state index in [2.05, 4.69) is 5.32 Å². The van der Waals surface area contributed by atoms with Crippen LogP contribution < -0.4 is 5.32 Å². The summed E-state index contributed by atoms with van der Waals surface area (Å²) in [5, 5.41) is 3.26. The molecule has 88 valence electrons. The first-order valence-electron chi connectivity index (χ1n) is 5.38. The second kappa shape index (κ2) is 3.48. The standard InChI is InChI=1S/C12H17NO2S/c1-9-5-4-6-10-11(9)13-7-12(2,3)8-16(10,14)15/h4-6,13H,7-8H2,1-3H3. The van der Waals surface area contributed by atoms with E-state index in [0.717, 1.165) is 11.3 Å². The topological polar surface area (TPSA) is 46.2 Å². The maximum absolute atomic E-state index is 12.2. The highest BCUT2D eigenvalue weighted by atomic mass is 32.2. The van der Waals surface area contributed by atoms with Crippen molar-refractivity contribution < 1.29 is 8.42 Å². The van der Waals surface area contributed by atoms with Gasteiger partial charge in [0.15, 0.2) is 9.84 Å². The van der Waals surface area contributed by atoms with Crippen molar-refractivity contribution in [2.24, 2.45) is 5.41 Å². The molecule has 0 saturated heterocycles. The predicted molar refractivity (Wildman–Crippen MR) is 65.5 cm³/mol. The minimum Gasteiger partial charge on any atom is -0.383 e. The van der Waals surface area contributed by atoms with E-state index in [1.807, 2.05) is 26.8 Å². The van der Waals surface area contributed by atoms with Gasteiger partial charge in [0.05, 0.1) is 16.3 Å². The van der Waals surface area contributed by atoms with Crippen molar-refractivity contribution in [3.8, 4) is 0 Å². The van der Waals surface area contributed by atoms with Gasteiger partial charge in [-0.05, 0) is 24.0 Å². The van der Waals surface area contributed by atoms with Crippen LogP contribution in [0.2, 0.25) is 0 Å². The molecule has 1 aliphatic rings. The lowest BCUT2D eigenvalue weighted by molar-refractivity contribution is 0.442. The largest absolute Gasteiger partial charge is 0.383 e. The van der Waals surface area contributed by atoms with Crippen LogP contribution in [0.4, 0.5) is 5.69 Å². The van der Waals surface area contributed by atoms with E-state index in [1.165, 1.54) is 0 Å². The summed E-state index contributed by atoms with van der Waals surface area (Å²) in [6.07, 6.45) is 0. The smallest absolute Gasteiger partial charge is 0.181 e. The zero-order chi connectivity index (χ0) is 12.0. The molecule has 4 heteroatoms. The number of sulfone groups is 1. The molecule has 0 spiro atoms. The molecule has 1 heterocycles. The molecule has 0 aliphatic carbocycles. The molecule has 0 aromatic heterocycles. The Bertz CT molecular complexity index is 518. The zero-order valence-electron chi connectivity index (χ0n) is 9.87. The van der Waals surface area contributed by atoms with E-state index >= 15 is 0 Å². The molecule has 2 rings (SSSR count). The summed E-state index contributed by atoms with van der Waals surface area (Å²) < 4.78 is 24.4. The molecule has 1 N–H and O–H groups in total. The van der Waals surface area contributed by atoms with Gasteiger partial charge in [0.2, 0.25) is 0 Å². The second-order valence-corrected chi connectivity index (χ2v) is 7.18. The van der Waals surface area contributed by atoms with E-state index in [0.29, 0.717) is 11.4 Å². The van der Waals surface area contributed by atoms with Gasteiger partial charge in [0, 0.05) is 6.54 Å². The van der Waals surface area contributed by atoms with Gasteiger partial charge in [-0.3, -0.25) is 0 Å². The first-order valence-corrected chi connectivity index (χ1v) is 7.03. The van der Waals surface area contributed by atoms with Gasteiger partial charge in [0.25, 0.3) is 0 Å². The molecule has 0 radical (unpaired) electrons. The molecule has 0 amide bonds. The van der Waals surface area contributed by atoms with Crippen LogP contribution in [0.5, 0.6) is 0 Å². The van der Waals surface area contributed by atoms with E-state index in [9.17, 15) is 8.42 Å². The molecular weight excluding hydrogens is 222 g/mol. The van der Waals surface area contributed by atoms with Crippen molar-refractivity contribution >= 4 is 15.5 Å². The van der Waals surface area contributed by atoms with E-state index in [1.54, 1.807) is 12.1 Å². The third-order valence-electron chi connectivity index (χ3n) is 2.89. The van der Waals surface area contributed by atoms with Crippen LogP contribution in [0.15, 0.2) is 23.1 Å². The number of para-hydroxylation sites is 1. The minimum atomic E-state index is -3.17. The average molecular weight is 239 g/mol. The number of nitrogens with one attached hydrogen (secondary N) is 1. The molecule has 0 atom stereocenters. The van der Waals surface area contributed by atoms with Gasteiger partial charge in [-0.1, -0.05) is 26.0 Å². The van der Waals surface area contributed by atoms with Crippen molar-refractivity contribution in [1.82, 2.24) is 0 Å². The van der Waals surface area contributed by atoms with Crippen molar-refractivity contribution in [2.75, 3.05) is 17.6 Å². The molecule has 16 heavy (non-hydrogen) atoms. The van der Waals surface area contributed by atoms with Crippen LogP contribution in [0.3, 0.4) is 0 Å². The van der Waals surface area contributed by atoms with Crippen LogP contribution >= 0.6 is 0 Å². The molecule has 1 aliphatic heterocycles. The van der Waals surface area contributed by atoms with Crippen molar-refractivity contribution in [2.45, 2.75) is 25.7 Å². The highest BCUT2D eigenvalue weighted by Crippen LogP contribution is 2.33.